The summed E-state index contributed by atoms with van der Waals surface area (Å²) >= 11 is 0. The van der Waals surface area contributed by atoms with Gasteiger partial charge in [-0.3, -0.25) is 4.79 Å². The molecular formula is C28H40O7. The lowest BCUT2D eigenvalue weighted by atomic mass is 9.43. The van der Waals surface area contributed by atoms with E-state index < -0.39 is 34.1 Å². The third kappa shape index (κ3) is 2.39. The van der Waals surface area contributed by atoms with Crippen LogP contribution in [0.4, 0.5) is 0 Å². The van der Waals surface area contributed by atoms with E-state index in [1.54, 1.807) is 12.2 Å². The summed E-state index contributed by atoms with van der Waals surface area (Å²) in [5, 5.41) is 34.8. The van der Waals surface area contributed by atoms with Gasteiger partial charge in [0.05, 0.1) is 23.2 Å². The van der Waals surface area contributed by atoms with E-state index >= 15 is 0 Å². The second-order valence-corrected chi connectivity index (χ2v) is 13.8. The second kappa shape index (κ2) is 6.41. The maximum Gasteiger partial charge on any atom is 0.186 e. The molecule has 0 bridgehead atoms. The van der Waals surface area contributed by atoms with Gasteiger partial charge in [-0.15, -0.1) is 0 Å². The molecule has 0 radical (unpaired) electrons. The van der Waals surface area contributed by atoms with Gasteiger partial charge in [0, 0.05) is 12.3 Å². The standard InChI is InChI=1S/C28H40O7/c1-14(17-13-24(3)26(5,35-24)22(30)33-17)27(31)12-9-15-19-16(8-11-23(15,27)2)25(4)18(29)7-6-10-28(25,32)21-20(19)34-21/h6-7,14-17,19-22,30-32H,8-13H2,1-5H3. The number of hydrogen-bond donors (Lipinski definition) is 3. The van der Waals surface area contributed by atoms with Crippen molar-refractivity contribution in [3.63, 3.8) is 0 Å². The summed E-state index contributed by atoms with van der Waals surface area (Å²) in [6.45, 7) is 10.2. The van der Waals surface area contributed by atoms with E-state index in [-0.39, 0.29) is 53.2 Å². The van der Waals surface area contributed by atoms with Crippen LogP contribution in [-0.2, 0) is 19.0 Å². The van der Waals surface area contributed by atoms with Crippen molar-refractivity contribution >= 4 is 5.78 Å². The Balaban J connectivity index is 1.21. The Kier molecular flexibility index (Phi) is 4.27. The monoisotopic (exact) mass is 488 g/mol. The Hall–Kier alpha value is -0.830. The first-order valence-electron chi connectivity index (χ1n) is 13.6. The smallest absolute Gasteiger partial charge is 0.186 e. The lowest BCUT2D eigenvalue weighted by Gasteiger charge is -2.61. The Morgan fingerprint density at radius 1 is 1.06 bits per heavy atom. The first-order valence-corrected chi connectivity index (χ1v) is 13.6. The average Bonchev–Trinajstić information content (AvgIpc) is 3.67. The van der Waals surface area contributed by atoms with E-state index in [0.717, 1.165) is 19.3 Å². The molecular weight excluding hydrogens is 448 g/mol. The van der Waals surface area contributed by atoms with E-state index in [9.17, 15) is 20.1 Å². The van der Waals surface area contributed by atoms with Crippen molar-refractivity contribution in [1.29, 1.82) is 0 Å². The SMILES string of the molecule is CC(C1CC2(C)OC2(C)C(O)O1)C1(O)CCC2C3C4OC4C4(O)CC=CC(=O)C4(C)C3CCC21C. The summed E-state index contributed by atoms with van der Waals surface area (Å²) < 4.78 is 18.2. The zero-order chi connectivity index (χ0) is 25.0. The van der Waals surface area contributed by atoms with Crippen molar-refractivity contribution in [1.82, 2.24) is 0 Å². The quantitative estimate of drug-likeness (QED) is 0.512. The summed E-state index contributed by atoms with van der Waals surface area (Å²) in [5.74, 6) is 0.226. The number of ether oxygens (including phenoxy) is 3. The molecule has 7 rings (SSSR count). The summed E-state index contributed by atoms with van der Waals surface area (Å²) in [4.78, 5) is 13.3. The fourth-order valence-electron chi connectivity index (χ4n) is 10.1. The van der Waals surface area contributed by atoms with Crippen LogP contribution in [0, 0.1) is 34.5 Å². The number of epoxide rings is 2. The van der Waals surface area contributed by atoms with Crippen molar-refractivity contribution in [3.8, 4) is 0 Å². The van der Waals surface area contributed by atoms with Crippen LogP contribution in [0.5, 0.6) is 0 Å². The molecule has 14 atom stereocenters. The van der Waals surface area contributed by atoms with Gasteiger partial charge < -0.3 is 29.5 Å². The molecule has 0 aromatic rings. The molecule has 7 heteroatoms. The van der Waals surface area contributed by atoms with Crippen LogP contribution in [0.3, 0.4) is 0 Å². The van der Waals surface area contributed by atoms with Gasteiger partial charge in [-0.25, -0.2) is 0 Å². The highest BCUT2D eigenvalue weighted by molar-refractivity contribution is 5.97. The number of fused-ring (bicyclic) bond motifs is 9. The van der Waals surface area contributed by atoms with Crippen LogP contribution in [0.15, 0.2) is 12.2 Å². The number of rotatable bonds is 2. The second-order valence-electron chi connectivity index (χ2n) is 13.8. The van der Waals surface area contributed by atoms with E-state index in [2.05, 4.69) is 13.8 Å². The Bertz CT molecular complexity index is 1030. The van der Waals surface area contributed by atoms with Gasteiger partial charge in [-0.2, -0.15) is 0 Å². The van der Waals surface area contributed by atoms with E-state index in [1.807, 2.05) is 20.8 Å². The molecule has 3 saturated heterocycles. The summed E-state index contributed by atoms with van der Waals surface area (Å²) in [5.41, 5.74) is -4.40. The Morgan fingerprint density at radius 2 is 1.77 bits per heavy atom. The van der Waals surface area contributed by atoms with E-state index in [1.165, 1.54) is 0 Å². The molecule has 6 fully saturated rings. The molecule has 3 N–H and O–H groups in total. The van der Waals surface area contributed by atoms with Gasteiger partial charge in [0.25, 0.3) is 0 Å². The van der Waals surface area contributed by atoms with Crippen LogP contribution in [0.25, 0.3) is 0 Å². The van der Waals surface area contributed by atoms with Crippen LogP contribution >= 0.6 is 0 Å². The van der Waals surface area contributed by atoms with Crippen molar-refractivity contribution in [2.75, 3.05) is 0 Å². The molecule has 4 aliphatic carbocycles. The number of carbonyl (C=O) groups is 1. The molecule has 3 saturated carbocycles. The minimum atomic E-state index is -1.14. The Morgan fingerprint density at radius 3 is 2.49 bits per heavy atom. The predicted octanol–water partition coefficient (Wildman–Crippen LogP) is 2.50. The third-order valence-corrected chi connectivity index (χ3v) is 12.9. The maximum atomic E-state index is 13.3. The maximum absolute atomic E-state index is 13.3. The molecule has 3 aliphatic heterocycles. The van der Waals surface area contributed by atoms with Crippen molar-refractivity contribution in [2.24, 2.45) is 34.5 Å². The zero-order valence-electron chi connectivity index (χ0n) is 21.5. The molecule has 3 heterocycles. The lowest BCUT2D eigenvalue weighted by Crippen LogP contribution is -2.68. The van der Waals surface area contributed by atoms with Gasteiger partial charge in [-0.05, 0) is 82.1 Å². The lowest BCUT2D eigenvalue weighted by molar-refractivity contribution is -0.235. The number of hydrogen-bond acceptors (Lipinski definition) is 7. The molecule has 0 aromatic carbocycles. The third-order valence-electron chi connectivity index (χ3n) is 12.9. The van der Waals surface area contributed by atoms with Gasteiger partial charge in [0.15, 0.2) is 12.1 Å². The molecule has 35 heavy (non-hydrogen) atoms. The Labute approximate surface area is 207 Å². The zero-order valence-corrected chi connectivity index (χ0v) is 21.5. The molecule has 14 unspecified atom stereocenters. The highest BCUT2D eigenvalue weighted by atomic mass is 16.7. The fourth-order valence-corrected chi connectivity index (χ4v) is 10.1. The highest BCUT2D eigenvalue weighted by Crippen LogP contribution is 2.73. The van der Waals surface area contributed by atoms with Crippen molar-refractivity contribution in [3.05, 3.63) is 12.2 Å². The summed E-state index contributed by atoms with van der Waals surface area (Å²) in [6.07, 6.45) is 6.03. The van der Waals surface area contributed by atoms with E-state index in [4.69, 9.17) is 14.2 Å². The predicted molar refractivity (Wildman–Crippen MR) is 125 cm³/mol. The van der Waals surface area contributed by atoms with Gasteiger partial charge in [-0.1, -0.05) is 19.9 Å². The van der Waals surface area contributed by atoms with Crippen LogP contribution < -0.4 is 0 Å². The van der Waals surface area contributed by atoms with Gasteiger partial charge in [0.2, 0.25) is 0 Å². The van der Waals surface area contributed by atoms with Crippen molar-refractivity contribution < 1.29 is 34.3 Å². The van der Waals surface area contributed by atoms with Gasteiger partial charge >= 0.3 is 0 Å². The normalized spacial score (nSPS) is 64.9. The molecule has 0 aromatic heterocycles. The molecule has 0 spiro atoms. The molecule has 194 valence electrons. The largest absolute Gasteiger partial charge is 0.389 e. The minimum absolute atomic E-state index is 0.0192. The highest BCUT2D eigenvalue weighted by Gasteiger charge is 2.79. The van der Waals surface area contributed by atoms with E-state index in [0.29, 0.717) is 19.3 Å². The van der Waals surface area contributed by atoms with Crippen LogP contribution in [-0.4, -0.2) is 68.1 Å². The molecule has 7 nitrogen and oxygen atoms in total. The number of carbonyl (C=O) groups excluding carboxylic acids is 1. The number of aliphatic hydroxyl groups excluding tert-OH is 1. The van der Waals surface area contributed by atoms with Crippen LogP contribution in [0.1, 0.15) is 73.1 Å². The number of aliphatic hydroxyl groups is 3. The number of allylic oxidation sites excluding steroid dienone is 1. The van der Waals surface area contributed by atoms with Crippen LogP contribution in [0.2, 0.25) is 0 Å². The average molecular weight is 489 g/mol. The first kappa shape index (κ1) is 23.3. The van der Waals surface area contributed by atoms with Gasteiger partial charge in [0.1, 0.15) is 22.9 Å². The summed E-state index contributed by atoms with van der Waals surface area (Å²) in [7, 11) is 0. The first-order chi connectivity index (χ1) is 16.3. The minimum Gasteiger partial charge on any atom is -0.389 e. The fraction of sp³-hybridized carbons (Fsp3) is 0.893. The molecule has 0 amide bonds. The summed E-state index contributed by atoms with van der Waals surface area (Å²) in [6, 6.07) is 0. The topological polar surface area (TPSA) is 112 Å². The van der Waals surface area contributed by atoms with Crippen molar-refractivity contribution in [2.45, 2.75) is 120 Å². The molecule has 7 aliphatic rings. The number of ketones is 1.